The molecule has 0 fully saturated rings. The van der Waals surface area contributed by atoms with Crippen LogP contribution in [0.2, 0.25) is 0 Å². The molecule has 0 aliphatic rings. The quantitative estimate of drug-likeness (QED) is 0.636. The zero-order valence-electron chi connectivity index (χ0n) is 16.5. The van der Waals surface area contributed by atoms with Crippen molar-refractivity contribution < 1.29 is 17.9 Å². The number of ether oxygens (including phenoxy) is 1. The topological polar surface area (TPSA) is 75.7 Å². The predicted octanol–water partition coefficient (Wildman–Crippen LogP) is 3.18. The van der Waals surface area contributed by atoms with Gasteiger partial charge in [0.15, 0.2) is 0 Å². The average molecular weight is 385 g/mol. The number of hydrogen-bond acceptors (Lipinski definition) is 4. The highest BCUT2D eigenvalue weighted by atomic mass is 32.2. The maximum Gasteiger partial charge on any atom is 0.243 e. The molecule has 6 nitrogen and oxygen atoms in total. The number of hydrogen-bond donors (Lipinski definition) is 1. The SMILES string of the molecule is CCCC[C@H](CC)CNC(=O)[C@H](C)N(c1ccc(OC)cc1)S(C)(=O)=O. The first-order valence-corrected chi connectivity index (χ1v) is 11.0. The Hall–Kier alpha value is -1.76. The van der Waals surface area contributed by atoms with E-state index in [4.69, 9.17) is 4.74 Å². The molecule has 0 heterocycles. The van der Waals surface area contributed by atoms with Crippen molar-refractivity contribution in [3.8, 4) is 5.75 Å². The van der Waals surface area contributed by atoms with E-state index in [1.807, 2.05) is 0 Å². The van der Waals surface area contributed by atoms with Gasteiger partial charge in [-0.25, -0.2) is 8.42 Å². The molecule has 0 aliphatic carbocycles. The third kappa shape index (κ3) is 6.52. The van der Waals surface area contributed by atoms with Crippen LogP contribution in [0.15, 0.2) is 24.3 Å². The predicted molar refractivity (Wildman–Crippen MR) is 106 cm³/mol. The third-order valence-corrected chi connectivity index (χ3v) is 5.77. The molecule has 1 aromatic rings. The molecule has 148 valence electrons. The van der Waals surface area contributed by atoms with Crippen molar-refractivity contribution in [2.24, 2.45) is 5.92 Å². The number of anilines is 1. The van der Waals surface area contributed by atoms with Gasteiger partial charge in [-0.15, -0.1) is 0 Å². The summed E-state index contributed by atoms with van der Waals surface area (Å²) in [6.45, 7) is 6.43. The summed E-state index contributed by atoms with van der Waals surface area (Å²) in [4.78, 5) is 12.6. The molecule has 0 saturated carbocycles. The number of nitrogens with zero attached hydrogens (tertiary/aromatic N) is 1. The van der Waals surface area contributed by atoms with Crippen molar-refractivity contribution in [1.29, 1.82) is 0 Å². The van der Waals surface area contributed by atoms with E-state index in [0.29, 0.717) is 23.9 Å². The number of carbonyl (C=O) groups excluding carboxylic acids is 1. The molecule has 26 heavy (non-hydrogen) atoms. The number of carbonyl (C=O) groups is 1. The van der Waals surface area contributed by atoms with Crippen molar-refractivity contribution in [2.45, 2.75) is 52.5 Å². The fourth-order valence-electron chi connectivity index (χ4n) is 2.87. The van der Waals surface area contributed by atoms with Crippen molar-refractivity contribution in [1.82, 2.24) is 5.32 Å². The Morgan fingerprint density at radius 3 is 2.31 bits per heavy atom. The molecule has 0 bridgehead atoms. The highest BCUT2D eigenvalue weighted by Crippen LogP contribution is 2.24. The average Bonchev–Trinajstić information content (AvgIpc) is 2.61. The van der Waals surface area contributed by atoms with Crippen molar-refractivity contribution in [2.75, 3.05) is 24.2 Å². The lowest BCUT2D eigenvalue weighted by atomic mass is 9.99. The van der Waals surface area contributed by atoms with E-state index in [1.54, 1.807) is 38.3 Å². The van der Waals surface area contributed by atoms with Gasteiger partial charge in [0.1, 0.15) is 11.8 Å². The number of methoxy groups -OCH3 is 1. The lowest BCUT2D eigenvalue weighted by Gasteiger charge is -2.29. The van der Waals surface area contributed by atoms with Crippen LogP contribution < -0.4 is 14.4 Å². The standard InChI is InChI=1S/C19H32N2O4S/c1-6-8-9-16(7-2)14-20-19(22)15(3)21(26(5,23)24)17-10-12-18(25-4)13-11-17/h10-13,15-16H,6-9,14H2,1-5H3,(H,20,22)/t15-,16-/m0/s1. The van der Waals surface area contributed by atoms with Crippen molar-refractivity contribution >= 4 is 21.6 Å². The second kappa shape index (κ2) is 10.4. The maximum atomic E-state index is 12.6. The fourth-order valence-corrected chi connectivity index (χ4v) is 4.05. The van der Waals surface area contributed by atoms with Crippen LogP contribution in [0.3, 0.4) is 0 Å². The number of sulfonamides is 1. The number of rotatable bonds is 11. The van der Waals surface area contributed by atoms with Gasteiger partial charge in [-0.05, 0) is 43.5 Å². The zero-order chi connectivity index (χ0) is 19.7. The van der Waals surface area contributed by atoms with Gasteiger partial charge in [-0.1, -0.05) is 33.1 Å². The monoisotopic (exact) mass is 384 g/mol. The van der Waals surface area contributed by atoms with Crippen LogP contribution >= 0.6 is 0 Å². The molecule has 0 spiro atoms. The minimum absolute atomic E-state index is 0.291. The van der Waals surface area contributed by atoms with Gasteiger partial charge < -0.3 is 10.1 Å². The lowest BCUT2D eigenvalue weighted by Crippen LogP contribution is -2.48. The Labute approximate surface area is 158 Å². The summed E-state index contributed by atoms with van der Waals surface area (Å²) in [5, 5.41) is 2.92. The molecule has 7 heteroatoms. The van der Waals surface area contributed by atoms with Gasteiger partial charge in [-0.2, -0.15) is 0 Å². The Kier molecular flexibility index (Phi) is 8.92. The number of nitrogens with one attached hydrogen (secondary N) is 1. The van der Waals surface area contributed by atoms with Gasteiger partial charge in [0.2, 0.25) is 15.9 Å². The summed E-state index contributed by atoms with van der Waals surface area (Å²) in [6.07, 6.45) is 5.42. The van der Waals surface area contributed by atoms with Crippen LogP contribution in [0.1, 0.15) is 46.5 Å². The Morgan fingerprint density at radius 2 is 1.85 bits per heavy atom. The molecule has 0 saturated heterocycles. The summed E-state index contributed by atoms with van der Waals surface area (Å²) < 4.78 is 30.8. The Balaban J connectivity index is 2.88. The van der Waals surface area contributed by atoms with E-state index in [2.05, 4.69) is 19.2 Å². The molecule has 1 N–H and O–H groups in total. The van der Waals surface area contributed by atoms with Crippen LogP contribution in [-0.4, -0.2) is 40.3 Å². The molecule has 0 aliphatic heterocycles. The van der Waals surface area contributed by atoms with Crippen molar-refractivity contribution in [3.05, 3.63) is 24.3 Å². The van der Waals surface area contributed by atoms with Gasteiger partial charge in [0.05, 0.1) is 19.1 Å². The number of benzene rings is 1. The summed E-state index contributed by atoms with van der Waals surface area (Å²) in [6, 6.07) is 5.80. The zero-order valence-corrected chi connectivity index (χ0v) is 17.3. The summed E-state index contributed by atoms with van der Waals surface area (Å²) in [7, 11) is -2.06. The molecule has 0 aromatic heterocycles. The summed E-state index contributed by atoms with van der Waals surface area (Å²) in [5.41, 5.74) is 0.439. The van der Waals surface area contributed by atoms with E-state index < -0.39 is 16.1 Å². The first-order chi connectivity index (χ1) is 12.2. The van der Waals surface area contributed by atoms with Crippen molar-refractivity contribution in [3.63, 3.8) is 0 Å². The van der Waals surface area contributed by atoms with E-state index in [9.17, 15) is 13.2 Å². The van der Waals surface area contributed by atoms with E-state index >= 15 is 0 Å². The van der Waals surface area contributed by atoms with Gasteiger partial charge in [-0.3, -0.25) is 9.10 Å². The number of amides is 1. The Bertz CT molecular complexity index is 659. The first kappa shape index (κ1) is 22.3. The third-order valence-electron chi connectivity index (χ3n) is 4.52. The lowest BCUT2D eigenvalue weighted by molar-refractivity contribution is -0.122. The maximum absolute atomic E-state index is 12.6. The van der Waals surface area contributed by atoms with Crippen LogP contribution in [0.4, 0.5) is 5.69 Å². The minimum atomic E-state index is -3.61. The Morgan fingerprint density at radius 1 is 1.23 bits per heavy atom. The smallest absolute Gasteiger partial charge is 0.243 e. The molecule has 0 radical (unpaired) electrons. The molecule has 2 atom stereocenters. The second-order valence-electron chi connectivity index (χ2n) is 6.59. The molecular weight excluding hydrogens is 352 g/mol. The molecule has 0 unspecified atom stereocenters. The van der Waals surface area contributed by atoms with Crippen LogP contribution in [0, 0.1) is 5.92 Å². The van der Waals surface area contributed by atoms with Crippen LogP contribution in [0.25, 0.3) is 0 Å². The first-order valence-electron chi connectivity index (χ1n) is 9.15. The van der Waals surface area contributed by atoms with Crippen LogP contribution in [0.5, 0.6) is 5.75 Å². The van der Waals surface area contributed by atoms with E-state index in [-0.39, 0.29) is 5.91 Å². The highest BCUT2D eigenvalue weighted by Gasteiger charge is 2.29. The van der Waals surface area contributed by atoms with E-state index in [1.165, 1.54) is 0 Å². The number of unbranched alkanes of at least 4 members (excludes halogenated alkanes) is 1. The fraction of sp³-hybridized carbons (Fsp3) is 0.632. The summed E-state index contributed by atoms with van der Waals surface area (Å²) in [5.74, 6) is 0.751. The minimum Gasteiger partial charge on any atom is -0.497 e. The molecule has 1 amide bonds. The van der Waals surface area contributed by atoms with Gasteiger partial charge >= 0.3 is 0 Å². The molecule has 1 rings (SSSR count). The second-order valence-corrected chi connectivity index (χ2v) is 8.45. The van der Waals surface area contributed by atoms with Gasteiger partial charge in [0, 0.05) is 6.54 Å². The molecular formula is C19H32N2O4S. The molecule has 1 aromatic carbocycles. The largest absolute Gasteiger partial charge is 0.497 e. The summed E-state index contributed by atoms with van der Waals surface area (Å²) >= 11 is 0. The van der Waals surface area contributed by atoms with E-state index in [0.717, 1.165) is 36.2 Å². The van der Waals surface area contributed by atoms with Crippen LogP contribution in [-0.2, 0) is 14.8 Å². The van der Waals surface area contributed by atoms with Gasteiger partial charge in [0.25, 0.3) is 0 Å². The highest BCUT2D eigenvalue weighted by molar-refractivity contribution is 7.92. The normalized spacial score (nSPS) is 13.7.